The molecule has 1 N–H and O–H groups in total. The molecule has 0 fully saturated rings. The van der Waals surface area contributed by atoms with Crippen molar-refractivity contribution in [1.82, 2.24) is 5.32 Å². The highest BCUT2D eigenvalue weighted by molar-refractivity contribution is 5.32. The number of fused-ring (bicyclic) bond motifs is 1. The predicted molar refractivity (Wildman–Crippen MR) is 78.6 cm³/mol. The Bertz CT molecular complexity index is 536. The van der Waals surface area contributed by atoms with E-state index in [2.05, 4.69) is 29.6 Å². The van der Waals surface area contributed by atoms with Gasteiger partial charge in [0.05, 0.1) is 18.9 Å². The number of hydrogen-bond donors (Lipinski definition) is 1. The number of benzene rings is 1. The lowest BCUT2D eigenvalue weighted by Crippen LogP contribution is -2.31. The van der Waals surface area contributed by atoms with Gasteiger partial charge >= 0.3 is 0 Å². The minimum absolute atomic E-state index is 0.103. The van der Waals surface area contributed by atoms with E-state index < -0.39 is 0 Å². The van der Waals surface area contributed by atoms with E-state index >= 15 is 0 Å². The smallest absolute Gasteiger partial charge is 0.123 e. The fraction of sp³-hybridized carbons (Fsp3) is 0.412. The first kappa shape index (κ1) is 13.4. The Kier molecular flexibility index (Phi) is 4.19. The highest BCUT2D eigenvalue weighted by Gasteiger charge is 2.24. The first-order chi connectivity index (χ1) is 9.88. The second-order valence-corrected chi connectivity index (χ2v) is 5.33. The average Bonchev–Trinajstić information content (AvgIpc) is 3.01. The number of methoxy groups -OCH3 is 1. The SMILES string of the molecule is COC[C@H](N[C@@H]1CCCc2ccccc21)c1ccco1. The van der Waals surface area contributed by atoms with Crippen LogP contribution in [0.2, 0.25) is 0 Å². The Morgan fingerprint density at radius 2 is 2.20 bits per heavy atom. The van der Waals surface area contributed by atoms with Crippen molar-refractivity contribution in [2.24, 2.45) is 0 Å². The lowest BCUT2D eigenvalue weighted by atomic mass is 9.87. The highest BCUT2D eigenvalue weighted by atomic mass is 16.5. The number of furan rings is 1. The van der Waals surface area contributed by atoms with Crippen LogP contribution in [-0.4, -0.2) is 13.7 Å². The molecule has 0 saturated heterocycles. The van der Waals surface area contributed by atoms with Crippen molar-refractivity contribution in [2.75, 3.05) is 13.7 Å². The van der Waals surface area contributed by atoms with Gasteiger partial charge in [0.1, 0.15) is 5.76 Å². The van der Waals surface area contributed by atoms with Crippen LogP contribution in [-0.2, 0) is 11.2 Å². The molecule has 1 aromatic heterocycles. The molecule has 1 aromatic carbocycles. The zero-order valence-corrected chi connectivity index (χ0v) is 11.8. The van der Waals surface area contributed by atoms with Crippen LogP contribution in [0.3, 0.4) is 0 Å². The van der Waals surface area contributed by atoms with Crippen molar-refractivity contribution in [3.8, 4) is 0 Å². The Balaban J connectivity index is 1.79. The van der Waals surface area contributed by atoms with Gasteiger partial charge in [0.15, 0.2) is 0 Å². The summed E-state index contributed by atoms with van der Waals surface area (Å²) in [5, 5.41) is 3.70. The molecule has 2 atom stereocenters. The summed E-state index contributed by atoms with van der Waals surface area (Å²) >= 11 is 0. The number of rotatable bonds is 5. The normalized spacial score (nSPS) is 19.6. The van der Waals surface area contributed by atoms with Gasteiger partial charge in [-0.1, -0.05) is 24.3 Å². The molecule has 3 rings (SSSR count). The summed E-state index contributed by atoms with van der Waals surface area (Å²) in [6, 6.07) is 13.1. The third kappa shape index (κ3) is 2.79. The first-order valence-corrected chi connectivity index (χ1v) is 7.24. The number of ether oxygens (including phenoxy) is 1. The minimum Gasteiger partial charge on any atom is -0.468 e. The van der Waals surface area contributed by atoms with Crippen molar-refractivity contribution >= 4 is 0 Å². The molecular formula is C17H21NO2. The summed E-state index contributed by atoms with van der Waals surface area (Å²) in [6.45, 7) is 0.617. The van der Waals surface area contributed by atoms with Gasteiger partial charge in [-0.25, -0.2) is 0 Å². The topological polar surface area (TPSA) is 34.4 Å². The minimum atomic E-state index is 0.103. The molecule has 0 unspecified atom stereocenters. The molecule has 3 nitrogen and oxygen atoms in total. The van der Waals surface area contributed by atoms with Crippen LogP contribution in [0.5, 0.6) is 0 Å². The Labute approximate surface area is 119 Å². The molecule has 0 bridgehead atoms. The summed E-state index contributed by atoms with van der Waals surface area (Å²) in [5.74, 6) is 0.940. The predicted octanol–water partition coefficient (Wildman–Crippen LogP) is 3.63. The Morgan fingerprint density at radius 1 is 1.30 bits per heavy atom. The van der Waals surface area contributed by atoms with E-state index in [0.717, 1.165) is 12.2 Å². The lowest BCUT2D eigenvalue weighted by molar-refractivity contribution is 0.148. The maximum atomic E-state index is 5.54. The van der Waals surface area contributed by atoms with Gasteiger partial charge in [-0.3, -0.25) is 5.32 Å². The maximum Gasteiger partial charge on any atom is 0.123 e. The molecule has 1 aliphatic carbocycles. The second-order valence-electron chi connectivity index (χ2n) is 5.33. The number of hydrogen-bond acceptors (Lipinski definition) is 3. The van der Waals surface area contributed by atoms with Gasteiger partial charge in [-0.05, 0) is 42.5 Å². The van der Waals surface area contributed by atoms with E-state index in [4.69, 9.17) is 9.15 Å². The van der Waals surface area contributed by atoms with E-state index in [1.807, 2.05) is 12.1 Å². The molecular weight excluding hydrogens is 250 g/mol. The quantitative estimate of drug-likeness (QED) is 0.901. The fourth-order valence-corrected chi connectivity index (χ4v) is 3.04. The van der Waals surface area contributed by atoms with Gasteiger partial charge in [0, 0.05) is 13.2 Å². The molecule has 0 radical (unpaired) electrons. The van der Waals surface area contributed by atoms with Crippen LogP contribution in [0.1, 0.15) is 41.8 Å². The molecule has 106 valence electrons. The van der Waals surface area contributed by atoms with Crippen LogP contribution in [0.4, 0.5) is 0 Å². The third-order valence-electron chi connectivity index (χ3n) is 3.99. The lowest BCUT2D eigenvalue weighted by Gasteiger charge is -2.29. The fourth-order valence-electron chi connectivity index (χ4n) is 3.04. The van der Waals surface area contributed by atoms with E-state index in [0.29, 0.717) is 12.6 Å². The van der Waals surface area contributed by atoms with E-state index in [1.165, 1.54) is 24.0 Å². The van der Waals surface area contributed by atoms with Crippen LogP contribution >= 0.6 is 0 Å². The molecule has 0 amide bonds. The third-order valence-corrected chi connectivity index (χ3v) is 3.99. The summed E-state index contributed by atoms with van der Waals surface area (Å²) in [4.78, 5) is 0. The number of aryl methyl sites for hydroxylation is 1. The average molecular weight is 271 g/mol. The van der Waals surface area contributed by atoms with Gasteiger partial charge < -0.3 is 9.15 Å². The summed E-state index contributed by atoms with van der Waals surface area (Å²) in [5.41, 5.74) is 2.89. The van der Waals surface area contributed by atoms with Crippen LogP contribution in [0.15, 0.2) is 47.1 Å². The maximum absolute atomic E-state index is 5.54. The standard InChI is InChI=1S/C17H21NO2/c1-19-12-16(17-10-5-11-20-17)18-15-9-4-7-13-6-2-3-8-14(13)15/h2-3,5-6,8,10-11,15-16,18H,4,7,9,12H2,1H3/t15-,16+/m1/s1. The van der Waals surface area contributed by atoms with E-state index in [1.54, 1.807) is 13.4 Å². The van der Waals surface area contributed by atoms with E-state index in [-0.39, 0.29) is 6.04 Å². The van der Waals surface area contributed by atoms with E-state index in [9.17, 15) is 0 Å². The van der Waals surface area contributed by atoms with Gasteiger partial charge in [0.2, 0.25) is 0 Å². The molecule has 20 heavy (non-hydrogen) atoms. The zero-order chi connectivity index (χ0) is 13.8. The van der Waals surface area contributed by atoms with Crippen LogP contribution < -0.4 is 5.32 Å². The molecule has 0 aliphatic heterocycles. The van der Waals surface area contributed by atoms with Crippen molar-refractivity contribution in [3.05, 3.63) is 59.5 Å². The van der Waals surface area contributed by atoms with Crippen molar-refractivity contribution in [1.29, 1.82) is 0 Å². The van der Waals surface area contributed by atoms with Crippen molar-refractivity contribution in [3.63, 3.8) is 0 Å². The molecule has 0 saturated carbocycles. The zero-order valence-electron chi connectivity index (χ0n) is 11.8. The Hall–Kier alpha value is -1.58. The number of nitrogens with one attached hydrogen (secondary N) is 1. The summed E-state index contributed by atoms with van der Waals surface area (Å²) in [6.07, 6.45) is 5.29. The van der Waals surface area contributed by atoms with Crippen molar-refractivity contribution < 1.29 is 9.15 Å². The van der Waals surface area contributed by atoms with Gasteiger partial charge in [-0.2, -0.15) is 0 Å². The van der Waals surface area contributed by atoms with Gasteiger partial charge in [0.25, 0.3) is 0 Å². The second kappa shape index (κ2) is 6.25. The monoisotopic (exact) mass is 271 g/mol. The molecule has 1 aliphatic rings. The van der Waals surface area contributed by atoms with Crippen LogP contribution in [0, 0.1) is 0 Å². The summed E-state index contributed by atoms with van der Waals surface area (Å²) in [7, 11) is 1.73. The molecule has 3 heteroatoms. The molecule has 1 heterocycles. The largest absolute Gasteiger partial charge is 0.468 e. The first-order valence-electron chi connectivity index (χ1n) is 7.24. The molecule has 2 aromatic rings. The Morgan fingerprint density at radius 3 is 3.00 bits per heavy atom. The summed E-state index contributed by atoms with van der Waals surface area (Å²) < 4.78 is 10.9. The van der Waals surface area contributed by atoms with Crippen LogP contribution in [0.25, 0.3) is 0 Å². The molecule has 0 spiro atoms. The highest BCUT2D eigenvalue weighted by Crippen LogP contribution is 2.31. The van der Waals surface area contributed by atoms with Gasteiger partial charge in [-0.15, -0.1) is 0 Å². The van der Waals surface area contributed by atoms with Crippen molar-refractivity contribution in [2.45, 2.75) is 31.3 Å².